The molecule has 0 atom stereocenters. The molecule has 0 fully saturated rings. The number of aromatic nitrogens is 2. The first-order chi connectivity index (χ1) is 18.2. The number of thioether (sulfide) groups is 1. The molecule has 0 spiro atoms. The molecule has 198 valence electrons. The van der Waals surface area contributed by atoms with E-state index in [1.165, 1.54) is 76.2 Å². The molecule has 0 aliphatic heterocycles. The largest absolute Gasteiger partial charge is 0.423 e. The third kappa shape index (κ3) is 10.7. The summed E-state index contributed by atoms with van der Waals surface area (Å²) in [5, 5.41) is 0.811. The Hall–Kier alpha value is -2.66. The molecular weight excluding hydrogens is 476 g/mol. The standard InChI is InChI=1S/C32H42N2O2S/c1-3-5-7-9-11-13-25-37-32-33-24-23-30(34-32)27-19-21-29(22-20-27)36-31(35)28-17-15-26(16-18-28)14-12-10-8-6-4-2/h15-24H,3-14,25H2,1-2H3. The van der Waals surface area contributed by atoms with E-state index in [-0.39, 0.29) is 5.97 Å². The summed E-state index contributed by atoms with van der Waals surface area (Å²) < 4.78 is 5.61. The molecule has 0 aliphatic carbocycles. The molecular formula is C32H42N2O2S. The Bertz CT molecular complexity index is 1050. The van der Waals surface area contributed by atoms with Crippen LogP contribution in [0.15, 0.2) is 66.0 Å². The van der Waals surface area contributed by atoms with Crippen LogP contribution in [0.2, 0.25) is 0 Å². The Balaban J connectivity index is 1.46. The van der Waals surface area contributed by atoms with Gasteiger partial charge in [0.15, 0.2) is 5.16 Å². The Morgan fingerprint density at radius 3 is 2.11 bits per heavy atom. The van der Waals surface area contributed by atoms with Gasteiger partial charge in [0.25, 0.3) is 0 Å². The lowest BCUT2D eigenvalue weighted by molar-refractivity contribution is 0.0735. The molecule has 1 heterocycles. The van der Waals surface area contributed by atoms with E-state index < -0.39 is 0 Å². The van der Waals surface area contributed by atoms with Gasteiger partial charge >= 0.3 is 5.97 Å². The number of benzene rings is 2. The first kappa shape index (κ1) is 28.9. The zero-order valence-electron chi connectivity index (χ0n) is 22.6. The summed E-state index contributed by atoms with van der Waals surface area (Å²) in [6, 6.07) is 17.2. The summed E-state index contributed by atoms with van der Waals surface area (Å²) >= 11 is 1.72. The third-order valence-corrected chi connectivity index (χ3v) is 7.43. The highest BCUT2D eigenvalue weighted by molar-refractivity contribution is 7.99. The molecule has 37 heavy (non-hydrogen) atoms. The van der Waals surface area contributed by atoms with Gasteiger partial charge in [0.2, 0.25) is 0 Å². The highest BCUT2D eigenvalue weighted by atomic mass is 32.2. The number of unbranched alkanes of at least 4 members (excludes halogenated alkanes) is 9. The summed E-state index contributed by atoms with van der Waals surface area (Å²) in [6.07, 6.45) is 17.0. The second kappa shape index (κ2) is 17.0. The first-order valence-electron chi connectivity index (χ1n) is 14.1. The maximum absolute atomic E-state index is 12.6. The van der Waals surface area contributed by atoms with Crippen molar-refractivity contribution in [2.45, 2.75) is 96.1 Å². The van der Waals surface area contributed by atoms with Gasteiger partial charge < -0.3 is 4.74 Å². The van der Waals surface area contributed by atoms with Crippen molar-refractivity contribution in [1.82, 2.24) is 9.97 Å². The van der Waals surface area contributed by atoms with E-state index in [0.717, 1.165) is 28.6 Å². The Kier molecular flexibility index (Phi) is 13.3. The van der Waals surface area contributed by atoms with E-state index in [4.69, 9.17) is 9.72 Å². The molecule has 0 radical (unpaired) electrons. The second-order valence-electron chi connectivity index (χ2n) is 9.62. The number of aryl methyl sites for hydroxylation is 1. The van der Waals surface area contributed by atoms with Gasteiger partial charge in [-0.05, 0) is 67.3 Å². The number of rotatable bonds is 17. The van der Waals surface area contributed by atoms with Crippen LogP contribution in [0.1, 0.15) is 100 Å². The van der Waals surface area contributed by atoms with Gasteiger partial charge in [0.05, 0.1) is 11.3 Å². The third-order valence-electron chi connectivity index (χ3n) is 6.48. The van der Waals surface area contributed by atoms with Gasteiger partial charge in [-0.2, -0.15) is 0 Å². The monoisotopic (exact) mass is 518 g/mol. The Morgan fingerprint density at radius 2 is 1.41 bits per heavy atom. The number of carbonyl (C=O) groups is 1. The lowest BCUT2D eigenvalue weighted by Gasteiger charge is -2.08. The second-order valence-corrected chi connectivity index (χ2v) is 10.7. The zero-order chi connectivity index (χ0) is 26.1. The van der Waals surface area contributed by atoms with Crippen LogP contribution in [-0.2, 0) is 6.42 Å². The minimum atomic E-state index is -0.335. The SMILES string of the molecule is CCCCCCCCSc1nccc(-c2ccc(OC(=O)c3ccc(CCCCCCC)cc3)cc2)n1. The molecule has 2 aromatic carbocycles. The summed E-state index contributed by atoms with van der Waals surface area (Å²) in [5.41, 5.74) is 3.70. The van der Waals surface area contributed by atoms with Crippen molar-refractivity contribution in [2.24, 2.45) is 0 Å². The summed E-state index contributed by atoms with van der Waals surface area (Å²) in [6.45, 7) is 4.48. The number of esters is 1. The van der Waals surface area contributed by atoms with Crippen LogP contribution in [-0.4, -0.2) is 21.7 Å². The molecule has 4 nitrogen and oxygen atoms in total. The van der Waals surface area contributed by atoms with Gasteiger partial charge in [-0.3, -0.25) is 0 Å². The van der Waals surface area contributed by atoms with E-state index in [1.54, 1.807) is 11.8 Å². The van der Waals surface area contributed by atoms with Crippen LogP contribution in [0.25, 0.3) is 11.3 Å². The van der Waals surface area contributed by atoms with Crippen LogP contribution in [0.5, 0.6) is 5.75 Å². The minimum absolute atomic E-state index is 0.335. The molecule has 0 N–H and O–H groups in total. The highest BCUT2D eigenvalue weighted by Crippen LogP contribution is 2.24. The van der Waals surface area contributed by atoms with Gasteiger partial charge in [-0.1, -0.05) is 95.5 Å². The van der Waals surface area contributed by atoms with Crippen LogP contribution < -0.4 is 4.74 Å². The fourth-order valence-electron chi connectivity index (χ4n) is 4.22. The molecule has 1 aromatic heterocycles. The van der Waals surface area contributed by atoms with Crippen molar-refractivity contribution < 1.29 is 9.53 Å². The average molecular weight is 519 g/mol. The van der Waals surface area contributed by atoms with Gasteiger partial charge in [-0.25, -0.2) is 14.8 Å². The van der Waals surface area contributed by atoms with Crippen molar-refractivity contribution in [2.75, 3.05) is 5.75 Å². The number of ether oxygens (including phenoxy) is 1. The minimum Gasteiger partial charge on any atom is -0.423 e. The normalized spacial score (nSPS) is 11.0. The lowest BCUT2D eigenvalue weighted by Crippen LogP contribution is -2.08. The Labute approximate surface area is 227 Å². The zero-order valence-corrected chi connectivity index (χ0v) is 23.4. The van der Waals surface area contributed by atoms with E-state index in [0.29, 0.717) is 11.3 Å². The van der Waals surface area contributed by atoms with Crippen LogP contribution in [0.4, 0.5) is 0 Å². The summed E-state index contributed by atoms with van der Waals surface area (Å²) in [4.78, 5) is 21.7. The fourth-order valence-corrected chi connectivity index (χ4v) is 5.05. The number of nitrogens with zero attached hydrogens (tertiary/aromatic N) is 2. The molecule has 3 rings (SSSR count). The smallest absolute Gasteiger partial charge is 0.343 e. The maximum atomic E-state index is 12.6. The fraction of sp³-hybridized carbons (Fsp3) is 0.469. The molecule has 0 unspecified atom stereocenters. The van der Waals surface area contributed by atoms with Crippen molar-refractivity contribution in [3.05, 3.63) is 71.9 Å². The van der Waals surface area contributed by atoms with E-state index in [2.05, 4.69) is 18.8 Å². The van der Waals surface area contributed by atoms with Gasteiger partial charge in [-0.15, -0.1) is 0 Å². The average Bonchev–Trinajstić information content (AvgIpc) is 2.93. The van der Waals surface area contributed by atoms with Crippen molar-refractivity contribution in [1.29, 1.82) is 0 Å². The predicted molar refractivity (Wildman–Crippen MR) is 155 cm³/mol. The molecule has 0 bridgehead atoms. The maximum Gasteiger partial charge on any atom is 0.343 e. The van der Waals surface area contributed by atoms with Gasteiger partial charge in [0.1, 0.15) is 5.75 Å². The molecule has 3 aromatic rings. The molecule has 5 heteroatoms. The topological polar surface area (TPSA) is 52.1 Å². The first-order valence-corrected chi connectivity index (χ1v) is 15.1. The number of hydrogen-bond donors (Lipinski definition) is 0. The number of hydrogen-bond acceptors (Lipinski definition) is 5. The summed E-state index contributed by atoms with van der Waals surface area (Å²) in [7, 11) is 0. The van der Waals surface area contributed by atoms with Crippen molar-refractivity contribution >= 4 is 17.7 Å². The lowest BCUT2D eigenvalue weighted by atomic mass is 10.0. The van der Waals surface area contributed by atoms with E-state index in [9.17, 15) is 4.79 Å². The molecule has 0 saturated carbocycles. The van der Waals surface area contributed by atoms with Gasteiger partial charge in [0, 0.05) is 17.5 Å². The van der Waals surface area contributed by atoms with Crippen LogP contribution in [0, 0.1) is 0 Å². The molecule has 0 aliphatic rings. The molecule has 0 amide bonds. The van der Waals surface area contributed by atoms with Crippen LogP contribution in [0.3, 0.4) is 0 Å². The Morgan fingerprint density at radius 1 is 0.757 bits per heavy atom. The van der Waals surface area contributed by atoms with E-state index in [1.807, 2.05) is 60.8 Å². The van der Waals surface area contributed by atoms with E-state index >= 15 is 0 Å². The molecule has 0 saturated heterocycles. The quantitative estimate of drug-likeness (QED) is 0.0586. The summed E-state index contributed by atoms with van der Waals surface area (Å²) in [5.74, 6) is 1.24. The predicted octanol–water partition coefficient (Wildman–Crippen LogP) is 9.33. The van der Waals surface area contributed by atoms with Crippen molar-refractivity contribution in [3.8, 4) is 17.0 Å². The van der Waals surface area contributed by atoms with Crippen LogP contribution >= 0.6 is 11.8 Å². The highest BCUT2D eigenvalue weighted by Gasteiger charge is 2.10. The van der Waals surface area contributed by atoms with Crippen molar-refractivity contribution in [3.63, 3.8) is 0 Å². The number of carbonyl (C=O) groups excluding carboxylic acids is 1.